The number of rotatable bonds is 8. The van der Waals surface area contributed by atoms with Crippen LogP contribution >= 0.6 is 11.6 Å². The Balaban J connectivity index is 1.89. The van der Waals surface area contributed by atoms with Crippen LogP contribution in [-0.4, -0.2) is 50.5 Å². The monoisotopic (exact) mass is 460 g/mol. The van der Waals surface area contributed by atoms with Crippen LogP contribution in [0.1, 0.15) is 56.5 Å². The maximum absolute atomic E-state index is 13.2. The van der Waals surface area contributed by atoms with Crippen molar-refractivity contribution >= 4 is 35.0 Å². The summed E-state index contributed by atoms with van der Waals surface area (Å²) >= 11 is 6.04. The zero-order valence-electron chi connectivity index (χ0n) is 17.0. The number of unbranched alkanes of at least 4 members (excludes halogenated alkanes) is 1. The molecule has 3 rings (SSSR count). The minimum atomic E-state index is -4.54. The highest BCUT2D eigenvalue weighted by atomic mass is 35.5. The molecule has 1 aromatic carbocycles. The van der Waals surface area contributed by atoms with Crippen LogP contribution in [0.15, 0.2) is 12.1 Å². The van der Waals surface area contributed by atoms with Crippen LogP contribution in [0.4, 0.5) is 13.2 Å². The van der Waals surface area contributed by atoms with Gasteiger partial charge in [0.25, 0.3) is 0 Å². The third-order valence-corrected chi connectivity index (χ3v) is 5.81. The van der Waals surface area contributed by atoms with Crippen molar-refractivity contribution in [2.45, 2.75) is 51.2 Å². The first-order valence-corrected chi connectivity index (χ1v) is 10.5. The number of hydrogen-bond acceptors (Lipinski definition) is 4. The molecule has 2 atom stereocenters. The molecule has 0 aliphatic carbocycles. The highest BCUT2D eigenvalue weighted by Gasteiger charge is 2.37. The Morgan fingerprint density at radius 1 is 1.48 bits per heavy atom. The molecule has 7 nitrogen and oxygen atoms in total. The maximum atomic E-state index is 13.2. The Hall–Kier alpha value is -2.33. The van der Waals surface area contributed by atoms with Gasteiger partial charge in [0, 0.05) is 6.54 Å². The summed E-state index contributed by atoms with van der Waals surface area (Å²) in [6.45, 7) is 2.31. The van der Waals surface area contributed by atoms with E-state index in [4.69, 9.17) is 11.6 Å². The molecule has 1 aromatic heterocycles. The average molecular weight is 461 g/mol. The van der Waals surface area contributed by atoms with Crippen LogP contribution in [-0.2, 0) is 15.8 Å². The van der Waals surface area contributed by atoms with Crippen LogP contribution in [0.2, 0.25) is 5.02 Å². The summed E-state index contributed by atoms with van der Waals surface area (Å²) < 4.78 is 39.3. The van der Waals surface area contributed by atoms with Crippen LogP contribution < -0.4 is 0 Å². The van der Waals surface area contributed by atoms with Crippen LogP contribution in [0.25, 0.3) is 11.0 Å². The van der Waals surface area contributed by atoms with Gasteiger partial charge in [-0.3, -0.25) is 14.8 Å². The van der Waals surface area contributed by atoms with Gasteiger partial charge in [-0.2, -0.15) is 13.2 Å². The van der Waals surface area contributed by atoms with Gasteiger partial charge in [-0.1, -0.05) is 31.4 Å². The van der Waals surface area contributed by atoms with Gasteiger partial charge >= 0.3 is 6.18 Å². The number of hydroxylamine groups is 2. The summed E-state index contributed by atoms with van der Waals surface area (Å²) in [5.74, 6) is -0.438. The molecule has 2 heterocycles. The number of amides is 2. The predicted molar refractivity (Wildman–Crippen MR) is 107 cm³/mol. The number of imidazole rings is 1. The highest BCUT2D eigenvalue weighted by Crippen LogP contribution is 2.37. The molecule has 1 aliphatic rings. The van der Waals surface area contributed by atoms with Crippen molar-refractivity contribution < 1.29 is 28.0 Å². The van der Waals surface area contributed by atoms with Crippen molar-refractivity contribution in [1.29, 1.82) is 0 Å². The fourth-order valence-corrected chi connectivity index (χ4v) is 4.24. The van der Waals surface area contributed by atoms with E-state index in [0.717, 1.165) is 25.0 Å². The number of aromatic nitrogens is 2. The van der Waals surface area contributed by atoms with Gasteiger partial charge in [0.1, 0.15) is 11.3 Å². The number of likely N-dealkylation sites (tertiary alicyclic amines) is 1. The number of benzene rings is 1. The zero-order valence-corrected chi connectivity index (χ0v) is 17.7. The summed E-state index contributed by atoms with van der Waals surface area (Å²) in [5.41, 5.74) is -0.510. The van der Waals surface area contributed by atoms with Gasteiger partial charge in [0.05, 0.1) is 34.6 Å². The number of fused-ring (bicyclic) bond motifs is 1. The molecule has 0 saturated carbocycles. The summed E-state index contributed by atoms with van der Waals surface area (Å²) in [6, 6.07) is 1.34. The topological polar surface area (TPSA) is 89.5 Å². The molecular weight excluding hydrogens is 437 g/mol. The van der Waals surface area contributed by atoms with E-state index in [1.165, 1.54) is 0 Å². The first-order chi connectivity index (χ1) is 14.7. The number of halogens is 4. The Labute approximate surface area is 182 Å². The number of H-pyrrole nitrogens is 1. The van der Waals surface area contributed by atoms with Crippen molar-refractivity contribution in [2.75, 3.05) is 13.1 Å². The summed E-state index contributed by atoms with van der Waals surface area (Å²) in [4.78, 5) is 32.9. The average Bonchev–Trinajstić information content (AvgIpc) is 3.36. The molecule has 1 aliphatic heterocycles. The third kappa shape index (κ3) is 5.12. The molecule has 0 bridgehead atoms. The van der Waals surface area contributed by atoms with E-state index >= 15 is 0 Å². The molecule has 2 aromatic rings. The number of nitrogens with one attached hydrogen (secondary N) is 1. The molecule has 0 unspecified atom stereocenters. The molecule has 1 fully saturated rings. The lowest BCUT2D eigenvalue weighted by atomic mass is 9.99. The number of alkyl halides is 3. The lowest BCUT2D eigenvalue weighted by Crippen LogP contribution is -2.40. The second kappa shape index (κ2) is 9.44. The lowest BCUT2D eigenvalue weighted by Gasteiger charge is -2.29. The van der Waals surface area contributed by atoms with E-state index in [-0.39, 0.29) is 34.9 Å². The molecule has 0 spiro atoms. The highest BCUT2D eigenvalue weighted by molar-refractivity contribution is 6.35. The molecule has 2 amide bonds. The Kier molecular flexibility index (Phi) is 7.10. The predicted octanol–water partition coefficient (Wildman–Crippen LogP) is 4.55. The normalized spacial score (nSPS) is 17.9. The summed E-state index contributed by atoms with van der Waals surface area (Å²) in [7, 11) is 0. The van der Waals surface area contributed by atoms with Gasteiger partial charge < -0.3 is 9.88 Å². The summed E-state index contributed by atoms with van der Waals surface area (Å²) in [5, 5.41) is 9.93. The minimum absolute atomic E-state index is 0.119. The van der Waals surface area contributed by atoms with E-state index in [1.54, 1.807) is 4.90 Å². The number of carbonyl (C=O) groups excluding carboxylic acids is 2. The molecule has 0 radical (unpaired) electrons. The summed E-state index contributed by atoms with van der Waals surface area (Å²) in [6.07, 6.45) is -0.888. The van der Waals surface area contributed by atoms with Crippen molar-refractivity contribution in [3.63, 3.8) is 0 Å². The second-order valence-electron chi connectivity index (χ2n) is 7.73. The Bertz CT molecular complexity index is 950. The third-order valence-electron chi connectivity index (χ3n) is 5.52. The standard InChI is InChI=1S/C20H24ClF3N4O3/c1-2-3-5-12(10-27(31)11-29)19(30)28-7-4-6-16(28)18-25-15-9-13(20(22,23)24)8-14(21)17(15)26-18/h8-9,11-12,16,31H,2-7,10H2,1H3,(H,25,26)/t12-,16-/m0/s1. The number of hydrogen-bond donors (Lipinski definition) is 2. The van der Waals surface area contributed by atoms with E-state index in [1.807, 2.05) is 6.92 Å². The quantitative estimate of drug-likeness (QED) is 0.343. The molecule has 170 valence electrons. The second-order valence-corrected chi connectivity index (χ2v) is 8.14. The van der Waals surface area contributed by atoms with Gasteiger partial charge in [-0.05, 0) is 31.4 Å². The first-order valence-electron chi connectivity index (χ1n) is 10.1. The fourth-order valence-electron chi connectivity index (χ4n) is 3.98. The van der Waals surface area contributed by atoms with Crippen LogP contribution in [0.5, 0.6) is 0 Å². The van der Waals surface area contributed by atoms with E-state index in [0.29, 0.717) is 36.7 Å². The molecule has 31 heavy (non-hydrogen) atoms. The van der Waals surface area contributed by atoms with Gasteiger partial charge in [0.15, 0.2) is 0 Å². The van der Waals surface area contributed by atoms with E-state index in [2.05, 4.69) is 9.97 Å². The van der Waals surface area contributed by atoms with Crippen molar-refractivity contribution in [2.24, 2.45) is 5.92 Å². The van der Waals surface area contributed by atoms with Gasteiger partial charge in [-0.15, -0.1) is 0 Å². The van der Waals surface area contributed by atoms with Crippen LogP contribution in [0.3, 0.4) is 0 Å². The molecular formula is C20H24ClF3N4O3. The number of carbonyl (C=O) groups is 2. The minimum Gasteiger partial charge on any atom is -0.340 e. The zero-order chi connectivity index (χ0) is 22.8. The smallest absolute Gasteiger partial charge is 0.340 e. The van der Waals surface area contributed by atoms with Crippen molar-refractivity contribution in [1.82, 2.24) is 19.9 Å². The molecule has 11 heteroatoms. The molecule has 1 saturated heterocycles. The number of aromatic amines is 1. The van der Waals surface area contributed by atoms with Gasteiger partial charge in [-0.25, -0.2) is 10.0 Å². The van der Waals surface area contributed by atoms with Gasteiger partial charge in [0.2, 0.25) is 12.3 Å². The van der Waals surface area contributed by atoms with E-state index in [9.17, 15) is 28.0 Å². The van der Waals surface area contributed by atoms with E-state index < -0.39 is 23.7 Å². The lowest BCUT2D eigenvalue weighted by molar-refractivity contribution is -0.157. The van der Waals surface area contributed by atoms with Crippen LogP contribution in [0, 0.1) is 5.92 Å². The largest absolute Gasteiger partial charge is 0.416 e. The number of nitrogens with zero attached hydrogens (tertiary/aromatic N) is 3. The van der Waals surface area contributed by atoms with Crippen molar-refractivity contribution in [3.8, 4) is 0 Å². The molecule has 2 N–H and O–H groups in total. The Morgan fingerprint density at radius 3 is 2.87 bits per heavy atom. The van der Waals surface area contributed by atoms with Crippen molar-refractivity contribution in [3.05, 3.63) is 28.5 Å². The first kappa shape index (κ1) is 23.3. The SMILES string of the molecule is CCCC[C@@H](CN(O)C=O)C(=O)N1CCC[C@H]1c1nc2c(Cl)cc(C(F)(F)F)cc2[nH]1. The fraction of sp³-hybridized carbons (Fsp3) is 0.550. The Morgan fingerprint density at radius 2 is 2.23 bits per heavy atom. The maximum Gasteiger partial charge on any atom is 0.416 e.